The lowest BCUT2D eigenvalue weighted by Gasteiger charge is -2.18. The van der Waals surface area contributed by atoms with Crippen LogP contribution in [0.4, 0.5) is 23.1 Å². The van der Waals surface area contributed by atoms with Gasteiger partial charge in [0.1, 0.15) is 5.82 Å². The van der Waals surface area contributed by atoms with Gasteiger partial charge in [-0.25, -0.2) is 9.78 Å². The van der Waals surface area contributed by atoms with Crippen LogP contribution in [-0.4, -0.2) is 51.9 Å². The molecule has 10 heteroatoms. The van der Waals surface area contributed by atoms with Crippen LogP contribution in [0, 0.1) is 6.92 Å². The van der Waals surface area contributed by atoms with Gasteiger partial charge < -0.3 is 25.3 Å². The van der Waals surface area contributed by atoms with E-state index in [1.54, 1.807) is 36.5 Å². The van der Waals surface area contributed by atoms with Crippen molar-refractivity contribution in [3.8, 4) is 0 Å². The molecule has 0 bridgehead atoms. The normalized spacial score (nSPS) is 11.1. The molecule has 4 rings (SSSR count). The van der Waals surface area contributed by atoms with Crippen LogP contribution in [0.2, 0.25) is 0 Å². The quantitative estimate of drug-likeness (QED) is 0.273. The first-order chi connectivity index (χ1) is 16.9. The average molecular weight is 476 g/mol. The number of amides is 1. The molecule has 0 atom stereocenters. The molecule has 10 nitrogen and oxygen atoms in total. The molecule has 2 aromatic carbocycles. The number of hydrogen-bond donors (Lipinski definition) is 4. The first kappa shape index (κ1) is 24.0. The Balaban J connectivity index is 1.39. The Bertz CT molecular complexity index is 1360. The number of aryl methyl sites for hydroxylation is 1. The number of aromatic nitrogens is 3. The Hall–Kier alpha value is -4.18. The van der Waals surface area contributed by atoms with Crippen molar-refractivity contribution in [3.05, 3.63) is 70.3 Å². The highest BCUT2D eigenvalue weighted by Crippen LogP contribution is 2.23. The number of benzene rings is 2. The maximum absolute atomic E-state index is 12.4. The molecule has 0 spiro atoms. The Morgan fingerprint density at radius 1 is 1.06 bits per heavy atom. The highest BCUT2D eigenvalue weighted by Gasteiger charge is 2.09. The van der Waals surface area contributed by atoms with Crippen molar-refractivity contribution in [2.24, 2.45) is 0 Å². The van der Waals surface area contributed by atoms with E-state index < -0.39 is 5.76 Å². The summed E-state index contributed by atoms with van der Waals surface area (Å²) in [6.07, 6.45) is 1.72. The van der Waals surface area contributed by atoms with E-state index in [2.05, 4.69) is 49.6 Å². The number of hydrogen-bond acceptors (Lipinski definition) is 8. The molecule has 0 aliphatic heterocycles. The average Bonchev–Trinajstić information content (AvgIpc) is 3.23. The van der Waals surface area contributed by atoms with Gasteiger partial charge in [-0.3, -0.25) is 9.78 Å². The summed E-state index contributed by atoms with van der Waals surface area (Å²) < 4.78 is 5.04. The van der Waals surface area contributed by atoms with Crippen LogP contribution in [0.3, 0.4) is 0 Å². The number of likely N-dealkylation sites (N-methyl/N-ethyl adjacent to an activating group) is 1. The first-order valence-electron chi connectivity index (χ1n) is 11.6. The van der Waals surface area contributed by atoms with E-state index in [4.69, 9.17) is 4.42 Å². The standard InChI is InChI=1S/C25H29N7O3/c1-4-32(5-2)13-12-26-23(33)17-6-8-18(9-7-17)29-24-27-15-16(3)22(31-24)28-19-10-11-21-20(14-19)30-25(34)35-21/h6-11,14-15H,4-5,12-13H2,1-3H3,(H,26,33)(H,30,34)(H2,27,28,29,31). The van der Waals surface area contributed by atoms with E-state index in [1.165, 1.54) is 0 Å². The van der Waals surface area contributed by atoms with Crippen LogP contribution < -0.4 is 21.7 Å². The summed E-state index contributed by atoms with van der Waals surface area (Å²) in [5.41, 5.74) is 4.05. The summed E-state index contributed by atoms with van der Waals surface area (Å²) in [4.78, 5) is 37.6. The topological polar surface area (TPSA) is 128 Å². The number of anilines is 4. The minimum atomic E-state index is -0.495. The van der Waals surface area contributed by atoms with Gasteiger partial charge in [0.15, 0.2) is 5.58 Å². The molecular formula is C25H29N7O3. The van der Waals surface area contributed by atoms with Gasteiger partial charge in [-0.05, 0) is 62.5 Å². The molecule has 0 saturated carbocycles. The van der Waals surface area contributed by atoms with Gasteiger partial charge in [0.25, 0.3) is 5.91 Å². The molecule has 182 valence electrons. The van der Waals surface area contributed by atoms with E-state index in [1.807, 2.05) is 19.1 Å². The Morgan fingerprint density at radius 2 is 1.80 bits per heavy atom. The highest BCUT2D eigenvalue weighted by atomic mass is 16.4. The second-order valence-corrected chi connectivity index (χ2v) is 8.06. The fourth-order valence-electron chi connectivity index (χ4n) is 3.60. The summed E-state index contributed by atoms with van der Waals surface area (Å²) >= 11 is 0. The largest absolute Gasteiger partial charge is 0.417 e. The number of oxazole rings is 1. The summed E-state index contributed by atoms with van der Waals surface area (Å²) in [6.45, 7) is 9.48. The van der Waals surface area contributed by atoms with Crippen molar-refractivity contribution in [1.29, 1.82) is 0 Å². The van der Waals surface area contributed by atoms with E-state index in [0.29, 0.717) is 35.0 Å². The summed E-state index contributed by atoms with van der Waals surface area (Å²) in [6, 6.07) is 12.5. The maximum atomic E-state index is 12.4. The Labute approximate surface area is 202 Å². The van der Waals surface area contributed by atoms with E-state index in [9.17, 15) is 9.59 Å². The minimum Gasteiger partial charge on any atom is -0.408 e. The number of rotatable bonds is 10. The number of aromatic amines is 1. The summed E-state index contributed by atoms with van der Waals surface area (Å²) in [7, 11) is 0. The molecule has 4 N–H and O–H groups in total. The predicted molar refractivity (Wildman–Crippen MR) is 137 cm³/mol. The molecule has 2 heterocycles. The summed E-state index contributed by atoms with van der Waals surface area (Å²) in [5, 5.41) is 9.37. The third-order valence-electron chi connectivity index (χ3n) is 5.66. The van der Waals surface area contributed by atoms with E-state index in [0.717, 1.165) is 36.6 Å². The fourth-order valence-corrected chi connectivity index (χ4v) is 3.60. The fraction of sp³-hybridized carbons (Fsp3) is 0.280. The monoisotopic (exact) mass is 475 g/mol. The summed E-state index contributed by atoms with van der Waals surface area (Å²) in [5.74, 6) is 0.437. The van der Waals surface area contributed by atoms with Crippen molar-refractivity contribution in [1.82, 2.24) is 25.2 Å². The third-order valence-corrected chi connectivity index (χ3v) is 5.66. The number of carbonyl (C=O) groups is 1. The zero-order chi connectivity index (χ0) is 24.8. The maximum Gasteiger partial charge on any atom is 0.417 e. The number of H-pyrrole nitrogens is 1. The molecule has 0 saturated heterocycles. The number of nitrogens with one attached hydrogen (secondary N) is 4. The lowest BCUT2D eigenvalue weighted by atomic mass is 10.2. The van der Waals surface area contributed by atoms with Crippen LogP contribution >= 0.6 is 0 Å². The van der Waals surface area contributed by atoms with Gasteiger partial charge in [-0.2, -0.15) is 4.98 Å². The molecule has 1 amide bonds. The van der Waals surface area contributed by atoms with Crippen LogP contribution in [-0.2, 0) is 0 Å². The van der Waals surface area contributed by atoms with Crippen LogP contribution in [0.15, 0.2) is 57.9 Å². The van der Waals surface area contributed by atoms with E-state index >= 15 is 0 Å². The zero-order valence-electron chi connectivity index (χ0n) is 20.0. The minimum absolute atomic E-state index is 0.0993. The number of nitrogens with zero attached hydrogens (tertiary/aromatic N) is 3. The number of fused-ring (bicyclic) bond motifs is 1. The molecule has 0 fully saturated rings. The van der Waals surface area contributed by atoms with Crippen molar-refractivity contribution < 1.29 is 9.21 Å². The van der Waals surface area contributed by atoms with E-state index in [-0.39, 0.29) is 5.91 Å². The van der Waals surface area contributed by atoms with Crippen molar-refractivity contribution >= 4 is 40.1 Å². The van der Waals surface area contributed by atoms with Crippen LogP contribution in [0.5, 0.6) is 0 Å². The first-order valence-corrected chi connectivity index (χ1v) is 11.6. The highest BCUT2D eigenvalue weighted by molar-refractivity contribution is 5.94. The second-order valence-electron chi connectivity index (χ2n) is 8.06. The van der Waals surface area contributed by atoms with Gasteiger partial charge in [0.05, 0.1) is 5.52 Å². The van der Waals surface area contributed by atoms with Gasteiger partial charge in [-0.15, -0.1) is 0 Å². The molecule has 4 aromatic rings. The SMILES string of the molecule is CCN(CC)CCNC(=O)c1ccc(Nc2ncc(C)c(Nc3ccc4oc(=O)[nH]c4c3)n2)cc1. The van der Waals surface area contributed by atoms with Gasteiger partial charge >= 0.3 is 5.76 Å². The van der Waals surface area contributed by atoms with Crippen molar-refractivity contribution in [2.45, 2.75) is 20.8 Å². The molecular weight excluding hydrogens is 446 g/mol. The molecule has 0 aliphatic rings. The third kappa shape index (κ3) is 6.04. The Kier molecular flexibility index (Phi) is 7.41. The molecule has 0 unspecified atom stereocenters. The Morgan fingerprint density at radius 3 is 2.54 bits per heavy atom. The van der Waals surface area contributed by atoms with Crippen molar-refractivity contribution in [2.75, 3.05) is 36.8 Å². The predicted octanol–water partition coefficient (Wildman–Crippen LogP) is 3.78. The lowest BCUT2D eigenvalue weighted by molar-refractivity contribution is 0.0949. The second kappa shape index (κ2) is 10.8. The van der Waals surface area contributed by atoms with Crippen LogP contribution in [0.25, 0.3) is 11.1 Å². The van der Waals surface area contributed by atoms with Crippen molar-refractivity contribution in [3.63, 3.8) is 0 Å². The van der Waals surface area contributed by atoms with Gasteiger partial charge in [-0.1, -0.05) is 13.8 Å². The molecule has 0 aliphatic carbocycles. The molecule has 2 aromatic heterocycles. The van der Waals surface area contributed by atoms with Crippen LogP contribution in [0.1, 0.15) is 29.8 Å². The van der Waals surface area contributed by atoms with Gasteiger partial charge in [0, 0.05) is 41.8 Å². The molecule has 0 radical (unpaired) electrons. The molecule has 35 heavy (non-hydrogen) atoms. The smallest absolute Gasteiger partial charge is 0.408 e. The number of carbonyl (C=O) groups excluding carboxylic acids is 1. The van der Waals surface area contributed by atoms with Gasteiger partial charge in [0.2, 0.25) is 5.95 Å². The lowest BCUT2D eigenvalue weighted by Crippen LogP contribution is -2.34. The zero-order valence-corrected chi connectivity index (χ0v) is 20.0.